The van der Waals surface area contributed by atoms with Gasteiger partial charge in [0.05, 0.1) is 6.10 Å². The average Bonchev–Trinajstić information content (AvgIpc) is 3.08. The van der Waals surface area contributed by atoms with Gasteiger partial charge in [-0.15, -0.1) is 0 Å². The summed E-state index contributed by atoms with van der Waals surface area (Å²) in [4.78, 5) is 17.0. The summed E-state index contributed by atoms with van der Waals surface area (Å²) >= 11 is 0. The summed E-state index contributed by atoms with van der Waals surface area (Å²) in [6, 6.07) is 8.37. The van der Waals surface area contributed by atoms with Crippen LogP contribution in [0.3, 0.4) is 0 Å². The van der Waals surface area contributed by atoms with Crippen LogP contribution in [0.15, 0.2) is 24.3 Å². The van der Waals surface area contributed by atoms with Gasteiger partial charge in [0.1, 0.15) is 5.75 Å². The van der Waals surface area contributed by atoms with Gasteiger partial charge in [-0.05, 0) is 50.3 Å². The Hall–Kier alpha value is -1.55. The third-order valence-corrected chi connectivity index (χ3v) is 5.34. The Labute approximate surface area is 152 Å². The monoisotopic (exact) mass is 344 g/mol. The number of piperazine rings is 1. The lowest BCUT2D eigenvalue weighted by Gasteiger charge is -2.35. The maximum atomic E-state index is 12.5. The molecule has 2 fully saturated rings. The fourth-order valence-electron chi connectivity index (χ4n) is 3.99. The van der Waals surface area contributed by atoms with Crippen LogP contribution >= 0.6 is 0 Å². The van der Waals surface area contributed by atoms with E-state index in [1.165, 1.54) is 31.2 Å². The molecule has 1 aliphatic heterocycles. The molecule has 4 heteroatoms. The minimum atomic E-state index is 0.199. The quantitative estimate of drug-likeness (QED) is 0.789. The second-order valence-electron chi connectivity index (χ2n) is 7.83. The van der Waals surface area contributed by atoms with E-state index in [4.69, 9.17) is 4.74 Å². The summed E-state index contributed by atoms with van der Waals surface area (Å²) in [5, 5.41) is 0. The molecule has 0 atom stereocenters. The number of carbonyl (C=O) groups excluding carboxylic acids is 1. The van der Waals surface area contributed by atoms with Gasteiger partial charge in [0, 0.05) is 39.1 Å². The molecule has 2 aliphatic rings. The molecule has 1 amide bonds. The molecule has 1 aromatic carbocycles. The van der Waals surface area contributed by atoms with Crippen LogP contribution in [0.1, 0.15) is 51.5 Å². The van der Waals surface area contributed by atoms with E-state index < -0.39 is 0 Å². The van der Waals surface area contributed by atoms with Crippen molar-refractivity contribution in [2.24, 2.45) is 5.92 Å². The standard InChI is InChI=1S/C21H32N2O2/c1-17(2)25-20-9-5-8-19(14-20)16-22-10-12-23(13-11-22)21(24)15-18-6-3-4-7-18/h5,8-9,14,17-18H,3-4,6-7,10-13,15-16H2,1-2H3. The van der Waals surface area contributed by atoms with E-state index in [0.29, 0.717) is 11.8 Å². The van der Waals surface area contributed by atoms with E-state index in [1.807, 2.05) is 6.07 Å². The second-order valence-corrected chi connectivity index (χ2v) is 7.83. The number of hydrogen-bond donors (Lipinski definition) is 0. The highest BCUT2D eigenvalue weighted by molar-refractivity contribution is 5.76. The van der Waals surface area contributed by atoms with Crippen LogP contribution in [-0.2, 0) is 11.3 Å². The highest BCUT2D eigenvalue weighted by Crippen LogP contribution is 2.28. The van der Waals surface area contributed by atoms with Gasteiger partial charge in [-0.3, -0.25) is 9.69 Å². The summed E-state index contributed by atoms with van der Waals surface area (Å²) < 4.78 is 5.78. The maximum Gasteiger partial charge on any atom is 0.222 e. The Bertz CT molecular complexity index is 559. The Morgan fingerprint density at radius 1 is 1.16 bits per heavy atom. The van der Waals surface area contributed by atoms with Crippen molar-refractivity contribution in [1.29, 1.82) is 0 Å². The Morgan fingerprint density at radius 3 is 2.56 bits per heavy atom. The van der Waals surface area contributed by atoms with Gasteiger partial charge in [0.25, 0.3) is 0 Å². The molecule has 3 rings (SSSR count). The van der Waals surface area contributed by atoms with Crippen LogP contribution in [-0.4, -0.2) is 48.0 Å². The van der Waals surface area contributed by atoms with E-state index in [-0.39, 0.29) is 6.10 Å². The highest BCUT2D eigenvalue weighted by atomic mass is 16.5. The van der Waals surface area contributed by atoms with Crippen LogP contribution in [0.2, 0.25) is 0 Å². The van der Waals surface area contributed by atoms with Crippen molar-refractivity contribution in [3.05, 3.63) is 29.8 Å². The van der Waals surface area contributed by atoms with Gasteiger partial charge in [-0.25, -0.2) is 0 Å². The smallest absolute Gasteiger partial charge is 0.222 e. The average molecular weight is 344 g/mol. The molecule has 0 aromatic heterocycles. The fraction of sp³-hybridized carbons (Fsp3) is 0.667. The molecule has 0 bridgehead atoms. The van der Waals surface area contributed by atoms with Crippen LogP contribution in [0.4, 0.5) is 0 Å². The largest absolute Gasteiger partial charge is 0.491 e. The van der Waals surface area contributed by atoms with E-state index >= 15 is 0 Å². The number of ether oxygens (including phenoxy) is 1. The third-order valence-electron chi connectivity index (χ3n) is 5.34. The van der Waals surface area contributed by atoms with Gasteiger partial charge in [-0.1, -0.05) is 25.0 Å². The normalized spacial score (nSPS) is 19.6. The number of amides is 1. The maximum absolute atomic E-state index is 12.5. The van der Waals surface area contributed by atoms with E-state index in [0.717, 1.165) is 44.9 Å². The van der Waals surface area contributed by atoms with Crippen molar-refractivity contribution in [2.45, 2.75) is 58.6 Å². The molecule has 138 valence electrons. The number of benzene rings is 1. The summed E-state index contributed by atoms with van der Waals surface area (Å²) in [5.74, 6) is 1.96. The number of hydrogen-bond acceptors (Lipinski definition) is 3. The van der Waals surface area contributed by atoms with Crippen molar-refractivity contribution in [1.82, 2.24) is 9.80 Å². The number of nitrogens with zero attached hydrogens (tertiary/aromatic N) is 2. The second kappa shape index (κ2) is 8.70. The van der Waals surface area contributed by atoms with E-state index in [2.05, 4.69) is 41.8 Å². The van der Waals surface area contributed by atoms with Crippen molar-refractivity contribution in [3.8, 4) is 5.75 Å². The summed E-state index contributed by atoms with van der Waals surface area (Å²) in [5.41, 5.74) is 1.28. The van der Waals surface area contributed by atoms with Crippen LogP contribution in [0, 0.1) is 5.92 Å². The molecule has 1 heterocycles. The van der Waals surface area contributed by atoms with Crippen molar-refractivity contribution in [2.75, 3.05) is 26.2 Å². The minimum absolute atomic E-state index is 0.199. The molecule has 0 unspecified atom stereocenters. The first kappa shape index (κ1) is 18.2. The van der Waals surface area contributed by atoms with Crippen molar-refractivity contribution < 1.29 is 9.53 Å². The highest BCUT2D eigenvalue weighted by Gasteiger charge is 2.25. The van der Waals surface area contributed by atoms with Gasteiger partial charge in [0.15, 0.2) is 0 Å². The molecular formula is C21H32N2O2. The lowest BCUT2D eigenvalue weighted by atomic mass is 10.0. The SMILES string of the molecule is CC(C)Oc1cccc(CN2CCN(C(=O)CC3CCCC3)CC2)c1. The summed E-state index contributed by atoms with van der Waals surface area (Å²) in [6.07, 6.45) is 6.09. The first-order valence-corrected chi connectivity index (χ1v) is 9.86. The molecule has 0 N–H and O–H groups in total. The number of rotatable bonds is 6. The zero-order valence-corrected chi connectivity index (χ0v) is 15.7. The Balaban J connectivity index is 1.45. The predicted octanol–water partition coefficient (Wildman–Crippen LogP) is 3.70. The number of carbonyl (C=O) groups is 1. The predicted molar refractivity (Wildman–Crippen MR) is 101 cm³/mol. The third kappa shape index (κ3) is 5.46. The van der Waals surface area contributed by atoms with Gasteiger partial charge in [-0.2, -0.15) is 0 Å². The van der Waals surface area contributed by atoms with Crippen molar-refractivity contribution in [3.63, 3.8) is 0 Å². The first-order valence-electron chi connectivity index (χ1n) is 9.86. The lowest BCUT2D eigenvalue weighted by molar-refractivity contribution is -0.134. The molecule has 25 heavy (non-hydrogen) atoms. The molecule has 4 nitrogen and oxygen atoms in total. The molecule has 1 aliphatic carbocycles. The van der Waals surface area contributed by atoms with Crippen LogP contribution < -0.4 is 4.74 Å². The summed E-state index contributed by atoms with van der Waals surface area (Å²) in [6.45, 7) is 8.70. The molecular weight excluding hydrogens is 312 g/mol. The molecule has 0 spiro atoms. The van der Waals surface area contributed by atoms with E-state index in [9.17, 15) is 4.79 Å². The molecule has 0 radical (unpaired) electrons. The fourth-order valence-corrected chi connectivity index (χ4v) is 3.99. The molecule has 1 saturated carbocycles. The topological polar surface area (TPSA) is 32.8 Å². The minimum Gasteiger partial charge on any atom is -0.491 e. The Kier molecular flexibility index (Phi) is 6.35. The van der Waals surface area contributed by atoms with Gasteiger partial charge >= 0.3 is 0 Å². The van der Waals surface area contributed by atoms with Gasteiger partial charge < -0.3 is 9.64 Å². The Morgan fingerprint density at radius 2 is 1.88 bits per heavy atom. The molecule has 1 aromatic rings. The first-order chi connectivity index (χ1) is 12.1. The zero-order valence-electron chi connectivity index (χ0n) is 15.7. The van der Waals surface area contributed by atoms with Crippen LogP contribution in [0.25, 0.3) is 0 Å². The van der Waals surface area contributed by atoms with Crippen LogP contribution in [0.5, 0.6) is 5.75 Å². The zero-order chi connectivity index (χ0) is 17.6. The van der Waals surface area contributed by atoms with E-state index in [1.54, 1.807) is 0 Å². The molecule has 1 saturated heterocycles. The summed E-state index contributed by atoms with van der Waals surface area (Å²) in [7, 11) is 0. The lowest BCUT2D eigenvalue weighted by Crippen LogP contribution is -2.48. The van der Waals surface area contributed by atoms with Crippen molar-refractivity contribution >= 4 is 5.91 Å². The van der Waals surface area contributed by atoms with Gasteiger partial charge in [0.2, 0.25) is 5.91 Å².